The maximum absolute atomic E-state index is 12.3. The topological polar surface area (TPSA) is 51.4 Å². The van der Waals surface area contributed by atoms with E-state index in [2.05, 4.69) is 17.4 Å². The zero-order valence-electron chi connectivity index (χ0n) is 16.2. The molecule has 1 N–H and O–H groups in total. The minimum Gasteiger partial charge on any atom is -0.493 e. The number of methoxy groups -OCH3 is 2. The molecule has 0 bridgehead atoms. The summed E-state index contributed by atoms with van der Waals surface area (Å²) < 4.78 is 12.5. The van der Waals surface area contributed by atoms with Gasteiger partial charge in [0, 0.05) is 18.2 Å². The van der Waals surface area contributed by atoms with Crippen molar-refractivity contribution in [1.82, 2.24) is 5.32 Å². The van der Waals surface area contributed by atoms with Crippen LogP contribution in [0.25, 0.3) is 11.1 Å². The highest BCUT2D eigenvalue weighted by Gasteiger charge is 2.11. The second-order valence-corrected chi connectivity index (χ2v) is 6.42. The number of hydrogen-bond acceptors (Lipinski definition) is 3. The number of ether oxygens (including phenoxy) is 2. The number of carbonyl (C=O) groups excluding carboxylic acids is 1. The number of nitrogens with zero attached hydrogens (tertiary/aromatic N) is 1. The van der Waals surface area contributed by atoms with Crippen LogP contribution in [-0.4, -0.2) is 26.7 Å². The summed E-state index contributed by atoms with van der Waals surface area (Å²) in [7, 11) is 3.23. The van der Waals surface area contributed by atoms with Crippen molar-refractivity contribution in [1.29, 1.82) is 0 Å². The second kappa shape index (κ2) is 9.55. The molecule has 144 valence electrons. The molecule has 0 aliphatic carbocycles. The number of hydrogen-bond donors (Lipinski definition) is 1. The van der Waals surface area contributed by atoms with Crippen LogP contribution >= 0.6 is 0 Å². The van der Waals surface area contributed by atoms with Gasteiger partial charge in [0.25, 0.3) is 5.91 Å². The van der Waals surface area contributed by atoms with Gasteiger partial charge in [-0.3, -0.25) is 4.79 Å². The predicted molar refractivity (Wildman–Crippen MR) is 108 cm³/mol. The molecule has 0 radical (unpaired) electrons. The fraction of sp³-hybridized carbons (Fsp3) is 0.217. The molecule has 28 heavy (non-hydrogen) atoms. The van der Waals surface area contributed by atoms with E-state index >= 15 is 0 Å². The zero-order valence-corrected chi connectivity index (χ0v) is 16.2. The van der Waals surface area contributed by atoms with E-state index < -0.39 is 0 Å². The van der Waals surface area contributed by atoms with Gasteiger partial charge in [0.15, 0.2) is 23.9 Å². The van der Waals surface area contributed by atoms with Crippen molar-refractivity contribution in [3.63, 3.8) is 0 Å². The molecule has 1 amide bonds. The number of benzene rings is 2. The Morgan fingerprint density at radius 3 is 2.43 bits per heavy atom. The lowest BCUT2D eigenvalue weighted by Gasteiger charge is -2.10. The zero-order chi connectivity index (χ0) is 19.8. The highest BCUT2D eigenvalue weighted by molar-refractivity contribution is 5.74. The first-order chi connectivity index (χ1) is 13.7. The highest BCUT2D eigenvalue weighted by Crippen LogP contribution is 2.27. The minimum absolute atomic E-state index is 0.0179. The van der Waals surface area contributed by atoms with Gasteiger partial charge in [0.05, 0.1) is 14.2 Å². The molecule has 3 aromatic rings. The Kier molecular flexibility index (Phi) is 6.63. The van der Waals surface area contributed by atoms with Gasteiger partial charge in [-0.1, -0.05) is 36.4 Å². The number of carbonyl (C=O) groups is 1. The lowest BCUT2D eigenvalue weighted by molar-refractivity contribution is -0.684. The fourth-order valence-electron chi connectivity index (χ4n) is 3.03. The summed E-state index contributed by atoms with van der Waals surface area (Å²) in [5.74, 6) is 1.38. The molecular formula is C23H25N2O3+. The SMILES string of the molecule is COc1ccc(CCNC(=O)C[n+]2cccc(-c3ccccc3)c2)cc1OC. The second-order valence-electron chi connectivity index (χ2n) is 6.42. The molecule has 0 spiro atoms. The Morgan fingerprint density at radius 2 is 1.68 bits per heavy atom. The Bertz CT molecular complexity index is 926. The molecule has 0 saturated carbocycles. The molecule has 0 aliphatic rings. The van der Waals surface area contributed by atoms with Gasteiger partial charge in [-0.15, -0.1) is 0 Å². The minimum atomic E-state index is -0.0179. The quantitative estimate of drug-likeness (QED) is 0.614. The summed E-state index contributed by atoms with van der Waals surface area (Å²) in [6.45, 7) is 0.847. The van der Waals surface area contributed by atoms with E-state index in [0.717, 1.165) is 23.1 Å². The maximum Gasteiger partial charge on any atom is 0.285 e. The summed E-state index contributed by atoms with van der Waals surface area (Å²) in [4.78, 5) is 12.3. The van der Waals surface area contributed by atoms with E-state index in [-0.39, 0.29) is 12.5 Å². The number of aromatic nitrogens is 1. The number of amides is 1. The smallest absolute Gasteiger partial charge is 0.285 e. The van der Waals surface area contributed by atoms with Crippen molar-refractivity contribution >= 4 is 5.91 Å². The van der Waals surface area contributed by atoms with Gasteiger partial charge < -0.3 is 14.8 Å². The first kappa shape index (κ1) is 19.4. The molecular weight excluding hydrogens is 352 g/mol. The monoisotopic (exact) mass is 377 g/mol. The third kappa shape index (κ3) is 5.10. The van der Waals surface area contributed by atoms with E-state index in [1.165, 1.54) is 0 Å². The van der Waals surface area contributed by atoms with Crippen molar-refractivity contribution in [3.05, 3.63) is 78.6 Å². The molecule has 2 aromatic carbocycles. The highest BCUT2D eigenvalue weighted by atomic mass is 16.5. The normalized spacial score (nSPS) is 10.4. The van der Waals surface area contributed by atoms with Crippen LogP contribution in [-0.2, 0) is 17.8 Å². The Hall–Kier alpha value is -3.34. The number of pyridine rings is 1. The van der Waals surface area contributed by atoms with E-state index in [9.17, 15) is 4.79 Å². The van der Waals surface area contributed by atoms with Crippen molar-refractivity contribution < 1.29 is 18.8 Å². The Morgan fingerprint density at radius 1 is 0.929 bits per heavy atom. The van der Waals surface area contributed by atoms with Crippen LogP contribution in [0.2, 0.25) is 0 Å². The van der Waals surface area contributed by atoms with Crippen LogP contribution < -0.4 is 19.4 Å². The number of nitrogens with one attached hydrogen (secondary N) is 1. The van der Waals surface area contributed by atoms with Crippen molar-refractivity contribution in [2.45, 2.75) is 13.0 Å². The lowest BCUT2D eigenvalue weighted by Crippen LogP contribution is -2.43. The van der Waals surface area contributed by atoms with Gasteiger partial charge in [-0.2, -0.15) is 4.57 Å². The van der Waals surface area contributed by atoms with E-state index in [1.807, 2.05) is 65.5 Å². The molecule has 0 saturated heterocycles. The van der Waals surface area contributed by atoms with Gasteiger partial charge in [0.1, 0.15) is 0 Å². The van der Waals surface area contributed by atoms with Crippen LogP contribution in [0.15, 0.2) is 73.1 Å². The maximum atomic E-state index is 12.3. The number of rotatable bonds is 8. The van der Waals surface area contributed by atoms with Crippen LogP contribution in [0.4, 0.5) is 0 Å². The molecule has 5 heteroatoms. The summed E-state index contributed by atoms with van der Waals surface area (Å²) in [6.07, 6.45) is 4.62. The molecule has 0 aliphatic heterocycles. The fourth-order valence-corrected chi connectivity index (χ4v) is 3.03. The van der Waals surface area contributed by atoms with Gasteiger partial charge >= 0.3 is 0 Å². The molecule has 0 unspecified atom stereocenters. The average Bonchev–Trinajstić information content (AvgIpc) is 2.74. The Balaban J connectivity index is 1.54. The summed E-state index contributed by atoms with van der Waals surface area (Å²) in [5.41, 5.74) is 3.30. The van der Waals surface area contributed by atoms with Crippen LogP contribution in [0.3, 0.4) is 0 Å². The van der Waals surface area contributed by atoms with Crippen LogP contribution in [0, 0.1) is 0 Å². The van der Waals surface area contributed by atoms with Crippen LogP contribution in [0.5, 0.6) is 11.5 Å². The molecule has 3 rings (SSSR count). The predicted octanol–water partition coefficient (Wildman–Crippen LogP) is 3.02. The molecule has 1 aromatic heterocycles. The summed E-state index contributed by atoms with van der Waals surface area (Å²) in [5, 5.41) is 2.97. The van der Waals surface area contributed by atoms with E-state index in [0.29, 0.717) is 18.0 Å². The third-order valence-corrected chi connectivity index (χ3v) is 4.48. The Labute approximate surface area is 165 Å². The van der Waals surface area contributed by atoms with Crippen molar-refractivity contribution in [2.75, 3.05) is 20.8 Å². The molecule has 0 atom stereocenters. The van der Waals surface area contributed by atoms with Crippen molar-refractivity contribution in [2.24, 2.45) is 0 Å². The van der Waals surface area contributed by atoms with Gasteiger partial charge in [-0.05, 0) is 35.7 Å². The largest absolute Gasteiger partial charge is 0.493 e. The third-order valence-electron chi connectivity index (χ3n) is 4.48. The van der Waals surface area contributed by atoms with Gasteiger partial charge in [-0.25, -0.2) is 0 Å². The van der Waals surface area contributed by atoms with Crippen LogP contribution in [0.1, 0.15) is 5.56 Å². The van der Waals surface area contributed by atoms with E-state index in [4.69, 9.17) is 9.47 Å². The van der Waals surface area contributed by atoms with Crippen molar-refractivity contribution in [3.8, 4) is 22.6 Å². The first-order valence-corrected chi connectivity index (χ1v) is 9.21. The van der Waals surface area contributed by atoms with E-state index in [1.54, 1.807) is 14.2 Å². The first-order valence-electron chi connectivity index (χ1n) is 9.21. The van der Waals surface area contributed by atoms with Gasteiger partial charge in [0.2, 0.25) is 6.54 Å². The average molecular weight is 377 g/mol. The lowest BCUT2D eigenvalue weighted by atomic mass is 10.1. The summed E-state index contributed by atoms with van der Waals surface area (Å²) >= 11 is 0. The standard InChI is InChI=1S/C23H24N2O3/c1-27-21-11-10-18(15-22(21)28-2)12-13-24-23(26)17-25-14-6-9-20(16-25)19-7-4-3-5-8-19/h3-11,14-16H,12-13,17H2,1-2H3/p+1. The molecule has 1 heterocycles. The molecule has 0 fully saturated rings. The summed E-state index contributed by atoms with van der Waals surface area (Å²) in [6, 6.07) is 19.9. The molecule has 5 nitrogen and oxygen atoms in total.